The average Bonchev–Trinajstić information content (AvgIpc) is 1.85. The van der Waals surface area contributed by atoms with Gasteiger partial charge in [0.15, 0.2) is 0 Å². The summed E-state index contributed by atoms with van der Waals surface area (Å²) in [6.07, 6.45) is 0. The SMILES string of the molecule is Nc1nnc([N+](=O)[O-])[n+]([O-])n1. The minimum atomic E-state index is -1.01. The highest BCUT2D eigenvalue weighted by Gasteiger charge is 2.24. The van der Waals surface area contributed by atoms with Crippen LogP contribution in [0.25, 0.3) is 0 Å². The summed E-state index contributed by atoms with van der Waals surface area (Å²) >= 11 is 0. The fourth-order valence-corrected chi connectivity index (χ4v) is 0.398. The lowest BCUT2D eigenvalue weighted by molar-refractivity contribution is -0.717. The first kappa shape index (κ1) is 7.05. The smallest absolute Gasteiger partial charge is 0.653 e. The Morgan fingerprint density at radius 1 is 1.55 bits per heavy atom. The van der Waals surface area contributed by atoms with Crippen LogP contribution < -0.4 is 10.6 Å². The van der Waals surface area contributed by atoms with Gasteiger partial charge in [-0.1, -0.05) is 0 Å². The second kappa shape index (κ2) is 2.28. The highest BCUT2D eigenvalue weighted by molar-refractivity contribution is 5.06. The molecule has 0 aliphatic rings. The van der Waals surface area contributed by atoms with Crippen LogP contribution >= 0.6 is 0 Å². The molecule has 1 rings (SSSR count). The van der Waals surface area contributed by atoms with Gasteiger partial charge < -0.3 is 21.1 Å². The van der Waals surface area contributed by atoms with Gasteiger partial charge >= 0.3 is 11.9 Å². The van der Waals surface area contributed by atoms with Crippen LogP contribution in [0.15, 0.2) is 0 Å². The number of aromatic nitrogens is 4. The first-order chi connectivity index (χ1) is 5.11. The maximum Gasteiger partial charge on any atom is 0.683 e. The van der Waals surface area contributed by atoms with Gasteiger partial charge in [-0.15, -0.1) is 0 Å². The molecule has 0 spiro atoms. The average molecular weight is 158 g/mol. The van der Waals surface area contributed by atoms with E-state index in [1.165, 1.54) is 0 Å². The first-order valence-corrected chi connectivity index (χ1v) is 2.35. The monoisotopic (exact) mass is 158 g/mol. The summed E-state index contributed by atoms with van der Waals surface area (Å²) in [6, 6.07) is 0. The largest absolute Gasteiger partial charge is 0.683 e. The Morgan fingerprint density at radius 2 is 2.18 bits per heavy atom. The van der Waals surface area contributed by atoms with Crippen molar-refractivity contribution in [3.63, 3.8) is 0 Å². The highest BCUT2D eigenvalue weighted by atomic mass is 16.6. The number of nitrogens with two attached hydrogens (primary N) is 1. The Balaban J connectivity index is 3.20. The van der Waals surface area contributed by atoms with Gasteiger partial charge in [0.2, 0.25) is 5.10 Å². The molecule has 0 atom stereocenters. The van der Waals surface area contributed by atoms with E-state index in [1.54, 1.807) is 0 Å². The maximum atomic E-state index is 10.5. The lowest BCUT2D eigenvalue weighted by Crippen LogP contribution is -2.37. The number of hydrogen-bond donors (Lipinski definition) is 1. The van der Waals surface area contributed by atoms with Crippen LogP contribution in [-0.4, -0.2) is 20.2 Å². The molecule has 0 aliphatic heterocycles. The van der Waals surface area contributed by atoms with Crippen molar-refractivity contribution in [1.29, 1.82) is 0 Å². The van der Waals surface area contributed by atoms with Crippen molar-refractivity contribution < 1.29 is 9.77 Å². The van der Waals surface area contributed by atoms with Gasteiger partial charge in [-0.3, -0.25) is 0 Å². The topological polar surface area (TPSA) is 135 Å². The van der Waals surface area contributed by atoms with Crippen LogP contribution in [0.3, 0.4) is 0 Å². The molecule has 9 nitrogen and oxygen atoms in total. The maximum absolute atomic E-state index is 10.5. The van der Waals surface area contributed by atoms with Crippen molar-refractivity contribution in [2.75, 3.05) is 5.73 Å². The van der Waals surface area contributed by atoms with Gasteiger partial charge in [-0.05, 0) is 4.85 Å². The zero-order valence-electron chi connectivity index (χ0n) is 5.04. The Bertz CT molecular complexity index is 298. The third-order valence-corrected chi connectivity index (χ3v) is 0.770. The molecule has 2 N–H and O–H groups in total. The quantitative estimate of drug-likeness (QED) is 0.216. The summed E-state index contributed by atoms with van der Waals surface area (Å²) in [5, 5.41) is 29.2. The zero-order valence-corrected chi connectivity index (χ0v) is 5.04. The molecule has 0 unspecified atom stereocenters. The number of nitro groups is 1. The minimum absolute atomic E-state index is 0.303. The van der Waals surface area contributed by atoms with E-state index >= 15 is 0 Å². The van der Waals surface area contributed by atoms with E-state index in [2.05, 4.69) is 15.3 Å². The molecule has 0 radical (unpaired) electrons. The summed E-state index contributed by atoms with van der Waals surface area (Å²) in [5.41, 5.74) is 4.90. The zero-order chi connectivity index (χ0) is 8.43. The van der Waals surface area contributed by atoms with E-state index in [9.17, 15) is 15.3 Å². The fourth-order valence-electron chi connectivity index (χ4n) is 0.398. The molecule has 0 amide bonds. The van der Waals surface area contributed by atoms with Crippen LogP contribution in [0.5, 0.6) is 0 Å². The van der Waals surface area contributed by atoms with Crippen LogP contribution in [0, 0.1) is 15.3 Å². The first-order valence-electron chi connectivity index (χ1n) is 2.35. The molecule has 0 aliphatic carbocycles. The Morgan fingerprint density at radius 3 is 2.64 bits per heavy atom. The Kier molecular flexibility index (Phi) is 1.46. The highest BCUT2D eigenvalue weighted by Crippen LogP contribution is 1.92. The van der Waals surface area contributed by atoms with E-state index < -0.39 is 16.8 Å². The molecule has 1 aromatic heterocycles. The standard InChI is InChI=1S/C2H2N6O3/c3-1-4-5-2(8(10)11)7(9)6-1/h(H2,3,4,6). The van der Waals surface area contributed by atoms with Crippen LogP contribution in [0.1, 0.15) is 0 Å². The molecule has 58 valence electrons. The predicted molar refractivity (Wildman–Crippen MR) is 29.9 cm³/mol. The molecular formula is C2H2N6O3. The van der Waals surface area contributed by atoms with E-state index in [1.807, 2.05) is 0 Å². The van der Waals surface area contributed by atoms with Crippen molar-refractivity contribution in [3.05, 3.63) is 15.3 Å². The molecule has 0 fully saturated rings. The van der Waals surface area contributed by atoms with Gasteiger partial charge in [0, 0.05) is 5.10 Å². The molecule has 1 heterocycles. The number of rotatable bonds is 1. The summed E-state index contributed by atoms with van der Waals surface area (Å²) in [5.74, 6) is -1.41. The molecule has 0 bridgehead atoms. The van der Waals surface area contributed by atoms with Gasteiger partial charge in [0.1, 0.15) is 0 Å². The summed E-state index contributed by atoms with van der Waals surface area (Å²) in [6.45, 7) is 0. The molecular weight excluding hydrogens is 156 g/mol. The number of nitrogens with zero attached hydrogens (tertiary/aromatic N) is 5. The van der Waals surface area contributed by atoms with E-state index in [0.717, 1.165) is 0 Å². The van der Waals surface area contributed by atoms with Gasteiger partial charge in [-0.25, -0.2) is 0 Å². The molecule has 0 saturated carbocycles. The predicted octanol–water partition coefficient (Wildman–Crippen LogP) is -2.00. The van der Waals surface area contributed by atoms with Crippen LogP contribution in [-0.2, 0) is 0 Å². The second-order valence-electron chi connectivity index (χ2n) is 1.49. The fraction of sp³-hybridized carbons (Fsp3) is 0. The minimum Gasteiger partial charge on any atom is -0.653 e. The lowest BCUT2D eigenvalue weighted by atomic mass is 11.0. The second-order valence-corrected chi connectivity index (χ2v) is 1.49. The van der Waals surface area contributed by atoms with Gasteiger partial charge in [0.05, 0.1) is 10.0 Å². The summed E-state index contributed by atoms with van der Waals surface area (Å²) in [7, 11) is 0. The number of anilines is 1. The van der Waals surface area contributed by atoms with E-state index in [-0.39, 0.29) is 4.85 Å². The normalized spacial score (nSPS) is 9.45. The van der Waals surface area contributed by atoms with Crippen molar-refractivity contribution in [2.24, 2.45) is 0 Å². The molecule has 1 aromatic rings. The van der Waals surface area contributed by atoms with Crippen molar-refractivity contribution in [1.82, 2.24) is 15.3 Å². The van der Waals surface area contributed by atoms with Crippen LogP contribution in [0.4, 0.5) is 11.9 Å². The van der Waals surface area contributed by atoms with Crippen molar-refractivity contribution >= 4 is 11.9 Å². The third-order valence-electron chi connectivity index (χ3n) is 0.770. The molecule has 0 aromatic carbocycles. The molecule has 9 heteroatoms. The van der Waals surface area contributed by atoms with Crippen molar-refractivity contribution in [3.8, 4) is 0 Å². The number of nitrogen functional groups attached to an aromatic ring is 1. The van der Waals surface area contributed by atoms with Gasteiger partial charge in [0.25, 0.3) is 0 Å². The molecule has 0 saturated heterocycles. The Labute approximate surface area is 59.2 Å². The van der Waals surface area contributed by atoms with Crippen molar-refractivity contribution in [2.45, 2.75) is 0 Å². The number of hydrogen-bond acceptors (Lipinski definition) is 7. The molecule has 11 heavy (non-hydrogen) atoms. The van der Waals surface area contributed by atoms with Crippen LogP contribution in [0.2, 0.25) is 0 Å². The van der Waals surface area contributed by atoms with Gasteiger partial charge in [-0.2, -0.15) is 0 Å². The third kappa shape index (κ3) is 1.26. The van der Waals surface area contributed by atoms with E-state index in [4.69, 9.17) is 5.73 Å². The Hall–Kier alpha value is -2.06. The lowest BCUT2D eigenvalue weighted by Gasteiger charge is -1.92. The summed E-state index contributed by atoms with van der Waals surface area (Å²) < 4.78 is 0. The van der Waals surface area contributed by atoms with E-state index in [0.29, 0.717) is 0 Å². The summed E-state index contributed by atoms with van der Waals surface area (Å²) in [4.78, 5) is 8.62.